The van der Waals surface area contributed by atoms with E-state index < -0.39 is 5.92 Å². The summed E-state index contributed by atoms with van der Waals surface area (Å²) in [6.45, 7) is 0.622. The second-order valence-electron chi connectivity index (χ2n) is 8.20. The van der Waals surface area contributed by atoms with Crippen molar-refractivity contribution in [2.75, 3.05) is 13.2 Å². The van der Waals surface area contributed by atoms with E-state index in [1.165, 1.54) is 25.7 Å². The van der Waals surface area contributed by atoms with Crippen LogP contribution >= 0.6 is 0 Å². The standard InChI is InChI=1S/C25H29NO3/c27-23(26-17-9-15-19-10-7-8-16-22(19)26)18-29-25(28)24(20-11-3-1-4-12-20)21-13-5-2-6-14-21/h1-6,11-14,19,22,24H,7-10,15-18H2/t19-,22+/m0/s1. The zero-order valence-electron chi connectivity index (χ0n) is 16.8. The summed E-state index contributed by atoms with van der Waals surface area (Å²) < 4.78 is 5.58. The summed E-state index contributed by atoms with van der Waals surface area (Å²) in [5.41, 5.74) is 1.75. The van der Waals surface area contributed by atoms with Crippen LogP contribution in [0.5, 0.6) is 0 Å². The quantitative estimate of drug-likeness (QED) is 0.703. The van der Waals surface area contributed by atoms with Crippen LogP contribution in [0.25, 0.3) is 0 Å². The van der Waals surface area contributed by atoms with E-state index in [1.807, 2.05) is 65.6 Å². The molecule has 2 aromatic rings. The Labute approximate surface area is 172 Å². The first-order valence-electron chi connectivity index (χ1n) is 10.8. The third kappa shape index (κ3) is 4.52. The zero-order chi connectivity index (χ0) is 20.1. The molecular weight excluding hydrogens is 362 g/mol. The molecule has 1 saturated heterocycles. The molecule has 2 aromatic carbocycles. The third-order valence-electron chi connectivity index (χ3n) is 6.40. The first-order valence-corrected chi connectivity index (χ1v) is 10.8. The summed E-state index contributed by atoms with van der Waals surface area (Å²) in [5.74, 6) is -0.310. The van der Waals surface area contributed by atoms with Gasteiger partial charge in [-0.05, 0) is 42.7 Å². The molecular formula is C25H29NO3. The summed E-state index contributed by atoms with van der Waals surface area (Å²) in [5, 5.41) is 0. The second kappa shape index (κ2) is 9.25. The first kappa shape index (κ1) is 19.7. The van der Waals surface area contributed by atoms with Crippen molar-refractivity contribution in [1.82, 2.24) is 4.90 Å². The van der Waals surface area contributed by atoms with E-state index in [-0.39, 0.29) is 18.5 Å². The number of rotatable bonds is 5. The minimum Gasteiger partial charge on any atom is -0.455 e. The Bertz CT molecular complexity index is 779. The Morgan fingerprint density at radius 3 is 2.10 bits per heavy atom. The molecule has 2 fully saturated rings. The number of piperidine rings is 1. The van der Waals surface area contributed by atoms with Gasteiger partial charge >= 0.3 is 5.97 Å². The average molecular weight is 392 g/mol. The first-order chi connectivity index (χ1) is 14.2. The molecule has 152 valence electrons. The number of hydrogen-bond donors (Lipinski definition) is 0. The van der Waals surface area contributed by atoms with E-state index in [0.717, 1.165) is 30.5 Å². The van der Waals surface area contributed by atoms with Crippen LogP contribution < -0.4 is 0 Å². The summed E-state index contributed by atoms with van der Waals surface area (Å²) >= 11 is 0. The highest BCUT2D eigenvalue weighted by Gasteiger charge is 2.36. The number of fused-ring (bicyclic) bond motifs is 1. The van der Waals surface area contributed by atoms with E-state index in [4.69, 9.17) is 4.74 Å². The molecule has 0 unspecified atom stereocenters. The number of esters is 1. The minimum atomic E-state index is -0.519. The molecule has 1 heterocycles. The van der Waals surface area contributed by atoms with Crippen molar-refractivity contribution < 1.29 is 14.3 Å². The Hall–Kier alpha value is -2.62. The van der Waals surface area contributed by atoms with Gasteiger partial charge in [0.25, 0.3) is 5.91 Å². The predicted molar refractivity (Wildman–Crippen MR) is 112 cm³/mol. The van der Waals surface area contributed by atoms with Crippen LogP contribution in [0.2, 0.25) is 0 Å². The third-order valence-corrected chi connectivity index (χ3v) is 6.40. The molecule has 2 aliphatic rings. The van der Waals surface area contributed by atoms with E-state index in [2.05, 4.69) is 0 Å². The van der Waals surface area contributed by atoms with Crippen molar-refractivity contribution >= 4 is 11.9 Å². The van der Waals surface area contributed by atoms with Crippen LogP contribution in [0, 0.1) is 5.92 Å². The number of carbonyl (C=O) groups excluding carboxylic acids is 2. The van der Waals surface area contributed by atoms with E-state index in [0.29, 0.717) is 12.0 Å². The van der Waals surface area contributed by atoms with Gasteiger partial charge in [0, 0.05) is 12.6 Å². The molecule has 1 aliphatic carbocycles. The summed E-state index contributed by atoms with van der Waals surface area (Å²) in [6, 6.07) is 19.6. The van der Waals surface area contributed by atoms with E-state index in [9.17, 15) is 9.59 Å². The number of amides is 1. The van der Waals surface area contributed by atoms with Gasteiger partial charge in [-0.1, -0.05) is 73.5 Å². The molecule has 0 aromatic heterocycles. The van der Waals surface area contributed by atoms with E-state index >= 15 is 0 Å². The minimum absolute atomic E-state index is 0.0465. The lowest BCUT2D eigenvalue weighted by atomic mass is 9.78. The van der Waals surface area contributed by atoms with Gasteiger partial charge in [0.05, 0.1) is 0 Å². The highest BCUT2D eigenvalue weighted by atomic mass is 16.5. The van der Waals surface area contributed by atoms with Crippen molar-refractivity contribution in [2.24, 2.45) is 5.92 Å². The Morgan fingerprint density at radius 2 is 1.45 bits per heavy atom. The Morgan fingerprint density at radius 1 is 0.862 bits per heavy atom. The van der Waals surface area contributed by atoms with Crippen LogP contribution in [0.15, 0.2) is 60.7 Å². The molecule has 0 radical (unpaired) electrons. The van der Waals surface area contributed by atoms with Crippen LogP contribution in [0.1, 0.15) is 55.6 Å². The molecule has 29 heavy (non-hydrogen) atoms. The van der Waals surface area contributed by atoms with Gasteiger partial charge in [0.2, 0.25) is 0 Å². The molecule has 0 bridgehead atoms. The van der Waals surface area contributed by atoms with Crippen LogP contribution in [-0.4, -0.2) is 36.0 Å². The normalized spacial score (nSPS) is 21.5. The highest BCUT2D eigenvalue weighted by molar-refractivity contribution is 5.86. The van der Waals surface area contributed by atoms with Gasteiger partial charge in [-0.15, -0.1) is 0 Å². The monoisotopic (exact) mass is 391 g/mol. The van der Waals surface area contributed by atoms with Crippen molar-refractivity contribution in [3.8, 4) is 0 Å². The van der Waals surface area contributed by atoms with Crippen molar-refractivity contribution in [3.63, 3.8) is 0 Å². The molecule has 0 spiro atoms. The molecule has 1 amide bonds. The van der Waals surface area contributed by atoms with Gasteiger partial charge in [0.1, 0.15) is 5.92 Å². The van der Waals surface area contributed by atoms with Crippen molar-refractivity contribution in [2.45, 2.75) is 50.5 Å². The largest absolute Gasteiger partial charge is 0.455 e. The Kier molecular flexibility index (Phi) is 6.28. The lowest BCUT2D eigenvalue weighted by Gasteiger charge is -2.44. The molecule has 0 N–H and O–H groups in total. The summed E-state index contributed by atoms with van der Waals surface area (Å²) in [6.07, 6.45) is 7.04. The number of carbonyl (C=O) groups is 2. The van der Waals surface area contributed by atoms with Gasteiger partial charge in [-0.25, -0.2) is 0 Å². The SMILES string of the molecule is O=C(OCC(=O)N1CCC[C@@H]2CCCC[C@H]21)C(c1ccccc1)c1ccccc1. The van der Waals surface area contributed by atoms with Crippen molar-refractivity contribution in [1.29, 1.82) is 0 Å². The van der Waals surface area contributed by atoms with Gasteiger partial charge < -0.3 is 9.64 Å². The molecule has 2 atom stereocenters. The molecule has 4 heteroatoms. The fourth-order valence-electron chi connectivity index (χ4n) is 4.99. The van der Waals surface area contributed by atoms with Gasteiger partial charge in [-0.3, -0.25) is 9.59 Å². The Balaban J connectivity index is 1.45. The van der Waals surface area contributed by atoms with Crippen LogP contribution in [0.4, 0.5) is 0 Å². The number of likely N-dealkylation sites (tertiary alicyclic amines) is 1. The van der Waals surface area contributed by atoms with Gasteiger partial charge in [0.15, 0.2) is 6.61 Å². The topological polar surface area (TPSA) is 46.6 Å². The van der Waals surface area contributed by atoms with Gasteiger partial charge in [-0.2, -0.15) is 0 Å². The number of nitrogens with zero attached hydrogens (tertiary/aromatic N) is 1. The van der Waals surface area contributed by atoms with E-state index in [1.54, 1.807) is 0 Å². The average Bonchev–Trinajstić information content (AvgIpc) is 2.79. The number of benzene rings is 2. The predicted octanol–water partition coefficient (Wildman–Crippen LogP) is 4.54. The molecule has 4 nitrogen and oxygen atoms in total. The second-order valence-corrected chi connectivity index (χ2v) is 8.20. The maximum atomic E-state index is 13.0. The maximum absolute atomic E-state index is 13.0. The lowest BCUT2D eigenvalue weighted by molar-refractivity contribution is -0.155. The maximum Gasteiger partial charge on any atom is 0.318 e. The number of ether oxygens (including phenoxy) is 1. The smallest absolute Gasteiger partial charge is 0.318 e. The van der Waals surface area contributed by atoms with Crippen LogP contribution in [-0.2, 0) is 14.3 Å². The summed E-state index contributed by atoms with van der Waals surface area (Å²) in [4.78, 5) is 27.9. The fraction of sp³-hybridized carbons (Fsp3) is 0.440. The fourth-order valence-corrected chi connectivity index (χ4v) is 4.99. The number of hydrogen-bond acceptors (Lipinski definition) is 3. The molecule has 1 aliphatic heterocycles. The highest BCUT2D eigenvalue weighted by Crippen LogP contribution is 2.35. The molecule has 1 saturated carbocycles. The summed E-state index contributed by atoms with van der Waals surface area (Å²) in [7, 11) is 0. The van der Waals surface area contributed by atoms with Crippen LogP contribution in [0.3, 0.4) is 0 Å². The van der Waals surface area contributed by atoms with Crippen molar-refractivity contribution in [3.05, 3.63) is 71.8 Å². The molecule has 4 rings (SSSR count). The zero-order valence-corrected chi connectivity index (χ0v) is 16.8. The lowest BCUT2D eigenvalue weighted by Crippen LogP contribution is -2.51.